The van der Waals surface area contributed by atoms with Crippen molar-refractivity contribution in [2.24, 2.45) is 4.99 Å². The van der Waals surface area contributed by atoms with E-state index in [1.807, 2.05) is 12.3 Å². The van der Waals surface area contributed by atoms with Gasteiger partial charge < -0.3 is 0 Å². The van der Waals surface area contributed by atoms with Gasteiger partial charge >= 0.3 is 33.3 Å². The van der Waals surface area contributed by atoms with Gasteiger partial charge in [-0.3, -0.25) is 4.99 Å². The summed E-state index contributed by atoms with van der Waals surface area (Å²) in [5.41, 5.74) is 6.63. The Morgan fingerprint density at radius 2 is 1.33 bits per heavy atom. The number of aliphatic imine (C=N–C) groups is 1. The van der Waals surface area contributed by atoms with E-state index in [1.54, 1.807) is 0 Å². The fourth-order valence-electron chi connectivity index (χ4n) is 3.91. The molecule has 0 amide bonds. The average molecular weight is 519 g/mol. The number of pyridine rings is 1. The Kier molecular flexibility index (Phi) is 9.52. The fourth-order valence-corrected chi connectivity index (χ4v) is 3.91. The second-order valence-corrected chi connectivity index (χ2v) is 10.2. The van der Waals surface area contributed by atoms with Crippen molar-refractivity contribution in [2.45, 2.75) is 39.5 Å². The standard InChI is InChI=1S/C28H28N2.2ClH.Fe/c1-19(2)23-14-9-15-24(20(3)4)28(23)29-18-22-12-8-17-27(30-22)26-16-7-11-21-10-5-6-13-25(21)26;;;/h5-20H,1-4H3;2*1H;/q;;;+2/p-2. The first-order chi connectivity index (χ1) is 16.0. The quantitative estimate of drug-likeness (QED) is 0.191. The van der Waals surface area contributed by atoms with E-state index in [9.17, 15) is 0 Å². The van der Waals surface area contributed by atoms with Gasteiger partial charge in [-0.25, -0.2) is 4.98 Å². The molecule has 0 unspecified atom stereocenters. The zero-order chi connectivity index (χ0) is 23.8. The molecule has 3 aromatic carbocycles. The molecule has 33 heavy (non-hydrogen) atoms. The molecule has 0 radical (unpaired) electrons. The van der Waals surface area contributed by atoms with Crippen molar-refractivity contribution in [3.05, 3.63) is 95.7 Å². The van der Waals surface area contributed by atoms with Gasteiger partial charge in [0.25, 0.3) is 0 Å². The SMILES string of the molecule is CC(C)c1cccc(C(C)C)c1N=Cc1cccc(-c2cccc3ccccc23)n1.[Cl][Fe][Cl]. The van der Waals surface area contributed by atoms with Crippen LogP contribution in [0.2, 0.25) is 0 Å². The summed E-state index contributed by atoms with van der Waals surface area (Å²) < 4.78 is 0. The van der Waals surface area contributed by atoms with Crippen LogP contribution in [0.25, 0.3) is 22.0 Å². The molecule has 0 bridgehead atoms. The van der Waals surface area contributed by atoms with E-state index < -0.39 is 0 Å². The Hall–Kier alpha value is -2.16. The van der Waals surface area contributed by atoms with Crippen LogP contribution in [0, 0.1) is 0 Å². The minimum absolute atomic E-state index is 0.194. The first-order valence-electron chi connectivity index (χ1n) is 10.9. The summed E-state index contributed by atoms with van der Waals surface area (Å²) in [5.74, 6) is 0.844. The molecule has 0 spiro atoms. The van der Waals surface area contributed by atoms with Crippen molar-refractivity contribution < 1.29 is 13.1 Å². The van der Waals surface area contributed by atoms with Crippen molar-refractivity contribution in [3.63, 3.8) is 0 Å². The maximum absolute atomic E-state index is 4.93. The molecular formula is C28H28Cl2FeN2. The van der Waals surface area contributed by atoms with Crippen molar-refractivity contribution in [3.8, 4) is 11.3 Å². The number of rotatable bonds is 5. The third-order valence-corrected chi connectivity index (χ3v) is 5.50. The van der Waals surface area contributed by atoms with Crippen LogP contribution >= 0.6 is 20.2 Å². The molecule has 172 valence electrons. The van der Waals surface area contributed by atoms with Crippen molar-refractivity contribution >= 4 is 42.9 Å². The summed E-state index contributed by atoms with van der Waals surface area (Å²) in [5, 5.41) is 2.44. The molecule has 1 heterocycles. The molecule has 0 aliphatic rings. The predicted octanol–water partition coefficient (Wildman–Crippen LogP) is 9.28. The van der Waals surface area contributed by atoms with E-state index in [4.69, 9.17) is 30.2 Å². The van der Waals surface area contributed by atoms with E-state index in [1.165, 1.54) is 21.9 Å². The number of nitrogens with zero attached hydrogens (tertiary/aromatic N) is 2. The van der Waals surface area contributed by atoms with E-state index in [-0.39, 0.29) is 13.1 Å². The number of aromatic nitrogens is 1. The number of hydrogen-bond acceptors (Lipinski definition) is 2. The van der Waals surface area contributed by atoms with Gasteiger partial charge in [0.1, 0.15) is 0 Å². The molecule has 1 aromatic heterocycles. The maximum atomic E-state index is 4.93. The third kappa shape index (κ3) is 6.46. The Balaban J connectivity index is 0.000000968. The summed E-state index contributed by atoms with van der Waals surface area (Å²) in [6.07, 6.45) is 1.90. The molecular weight excluding hydrogens is 491 g/mol. The predicted molar refractivity (Wildman–Crippen MR) is 141 cm³/mol. The van der Waals surface area contributed by atoms with E-state index in [0.717, 1.165) is 22.6 Å². The molecule has 0 N–H and O–H groups in total. The first kappa shape index (κ1) is 25.5. The number of halogens is 2. The summed E-state index contributed by atoms with van der Waals surface area (Å²) in [6.45, 7) is 8.88. The summed E-state index contributed by atoms with van der Waals surface area (Å²) in [4.78, 5) is 9.84. The first-order valence-corrected chi connectivity index (χ1v) is 14.0. The zero-order valence-electron chi connectivity index (χ0n) is 19.2. The molecule has 4 aromatic rings. The van der Waals surface area contributed by atoms with Crippen LogP contribution in [0.4, 0.5) is 5.69 Å². The van der Waals surface area contributed by atoms with Crippen LogP contribution in [-0.2, 0) is 13.1 Å². The van der Waals surface area contributed by atoms with Gasteiger partial charge in [0.15, 0.2) is 0 Å². The molecule has 4 rings (SSSR count). The van der Waals surface area contributed by atoms with Gasteiger partial charge in [-0.15, -0.1) is 0 Å². The molecule has 2 nitrogen and oxygen atoms in total. The normalized spacial score (nSPS) is 11.4. The number of para-hydroxylation sites is 1. The molecule has 0 saturated heterocycles. The molecule has 0 fully saturated rings. The number of fused-ring (bicyclic) bond motifs is 1. The second kappa shape index (κ2) is 12.3. The number of hydrogen-bond donors (Lipinski definition) is 0. The molecule has 5 heteroatoms. The van der Waals surface area contributed by atoms with Crippen LogP contribution < -0.4 is 0 Å². The summed E-state index contributed by atoms with van der Waals surface area (Å²) in [6, 6.07) is 27.5. The Bertz CT molecular complexity index is 1200. The monoisotopic (exact) mass is 518 g/mol. The molecule has 0 saturated carbocycles. The van der Waals surface area contributed by atoms with E-state index in [2.05, 4.69) is 100 Å². The van der Waals surface area contributed by atoms with Gasteiger partial charge in [0, 0.05) is 5.56 Å². The summed E-state index contributed by atoms with van der Waals surface area (Å²) in [7, 11) is 9.53. The van der Waals surface area contributed by atoms with Gasteiger partial charge in [0.05, 0.1) is 23.3 Å². The summed E-state index contributed by atoms with van der Waals surface area (Å²) >= 11 is 0.194. The number of benzene rings is 3. The Morgan fingerprint density at radius 3 is 2.00 bits per heavy atom. The Labute approximate surface area is 211 Å². The van der Waals surface area contributed by atoms with Crippen LogP contribution in [0.1, 0.15) is 56.4 Å². The topological polar surface area (TPSA) is 25.2 Å². The Morgan fingerprint density at radius 1 is 0.758 bits per heavy atom. The van der Waals surface area contributed by atoms with Gasteiger partial charge in [-0.2, -0.15) is 0 Å². The van der Waals surface area contributed by atoms with Crippen LogP contribution in [-0.4, -0.2) is 11.2 Å². The van der Waals surface area contributed by atoms with Gasteiger partial charge in [-0.1, -0.05) is 94.4 Å². The van der Waals surface area contributed by atoms with Gasteiger partial charge in [0.2, 0.25) is 0 Å². The molecule has 0 atom stereocenters. The van der Waals surface area contributed by atoms with Crippen molar-refractivity contribution in [1.82, 2.24) is 4.98 Å². The van der Waals surface area contributed by atoms with Crippen LogP contribution in [0.3, 0.4) is 0 Å². The third-order valence-electron chi connectivity index (χ3n) is 5.50. The van der Waals surface area contributed by atoms with Crippen LogP contribution in [0.15, 0.2) is 83.9 Å². The van der Waals surface area contributed by atoms with Gasteiger partial charge in [-0.05, 0) is 45.9 Å². The average Bonchev–Trinajstić information content (AvgIpc) is 2.82. The molecule has 0 aliphatic carbocycles. The fraction of sp³-hybridized carbons (Fsp3) is 0.214. The minimum atomic E-state index is 0.194. The second-order valence-electron chi connectivity index (χ2n) is 8.38. The van der Waals surface area contributed by atoms with Crippen molar-refractivity contribution in [2.75, 3.05) is 0 Å². The van der Waals surface area contributed by atoms with Crippen LogP contribution in [0.5, 0.6) is 0 Å². The van der Waals surface area contributed by atoms with E-state index >= 15 is 0 Å². The zero-order valence-corrected chi connectivity index (χ0v) is 21.9. The molecule has 0 aliphatic heterocycles. The van der Waals surface area contributed by atoms with Crippen molar-refractivity contribution in [1.29, 1.82) is 0 Å². The van der Waals surface area contributed by atoms with E-state index in [0.29, 0.717) is 11.8 Å².